The fourth-order valence-electron chi connectivity index (χ4n) is 2.41. The molecule has 84 valence electrons. The summed E-state index contributed by atoms with van der Waals surface area (Å²) in [5.41, 5.74) is 5.10. The molecule has 0 amide bonds. The van der Waals surface area contributed by atoms with Gasteiger partial charge in [-0.2, -0.15) is 0 Å². The summed E-state index contributed by atoms with van der Waals surface area (Å²) in [5.74, 6) is 0. The van der Waals surface area contributed by atoms with Crippen molar-refractivity contribution in [2.75, 3.05) is 19.6 Å². The highest BCUT2D eigenvalue weighted by molar-refractivity contribution is 4.86. The second-order valence-electron chi connectivity index (χ2n) is 4.71. The molecule has 0 aliphatic carbocycles. The van der Waals surface area contributed by atoms with E-state index in [0.717, 1.165) is 45.3 Å². The molecule has 1 fully saturated rings. The van der Waals surface area contributed by atoms with Crippen molar-refractivity contribution in [1.29, 1.82) is 0 Å². The smallest absolute Gasteiger partial charge is 0.0746 e. The minimum absolute atomic E-state index is 0.486. The van der Waals surface area contributed by atoms with E-state index >= 15 is 0 Å². The first-order chi connectivity index (χ1) is 6.59. The topological polar surface area (TPSA) is 49.5 Å². The van der Waals surface area contributed by atoms with E-state index in [0.29, 0.717) is 6.04 Å². The third kappa shape index (κ3) is 3.23. The van der Waals surface area contributed by atoms with E-state index < -0.39 is 5.60 Å². The summed E-state index contributed by atoms with van der Waals surface area (Å²) in [6, 6.07) is 0.562. The Morgan fingerprint density at radius 2 is 2.29 bits per heavy atom. The minimum Gasteiger partial charge on any atom is -0.389 e. The molecule has 0 spiro atoms. The minimum atomic E-state index is -0.486. The standard InChI is InChI=1S/C11H24N2O/c1-3-10(5-7-12)13-8-4-6-11(2,14)9-13/h10,14H,3-9,12H2,1-2H3. The molecule has 3 heteroatoms. The molecule has 0 saturated carbocycles. The Kier molecular flexibility index (Phi) is 4.35. The van der Waals surface area contributed by atoms with E-state index in [-0.39, 0.29) is 0 Å². The zero-order valence-corrected chi connectivity index (χ0v) is 9.50. The van der Waals surface area contributed by atoms with Crippen molar-refractivity contribution < 1.29 is 5.11 Å². The fraction of sp³-hybridized carbons (Fsp3) is 1.00. The second-order valence-corrected chi connectivity index (χ2v) is 4.71. The third-order valence-corrected chi connectivity index (χ3v) is 3.19. The fourth-order valence-corrected chi connectivity index (χ4v) is 2.41. The molecule has 1 aliphatic rings. The van der Waals surface area contributed by atoms with Crippen molar-refractivity contribution in [3.05, 3.63) is 0 Å². The lowest BCUT2D eigenvalue weighted by Crippen LogP contribution is -2.50. The molecular formula is C11H24N2O. The van der Waals surface area contributed by atoms with E-state index in [1.165, 1.54) is 0 Å². The number of likely N-dealkylation sites (tertiary alicyclic amines) is 1. The molecule has 1 aliphatic heterocycles. The summed E-state index contributed by atoms with van der Waals surface area (Å²) in [7, 11) is 0. The van der Waals surface area contributed by atoms with Crippen molar-refractivity contribution in [2.45, 2.75) is 51.2 Å². The molecule has 0 radical (unpaired) electrons. The van der Waals surface area contributed by atoms with Gasteiger partial charge in [0.25, 0.3) is 0 Å². The molecule has 0 aromatic heterocycles. The lowest BCUT2D eigenvalue weighted by atomic mass is 9.93. The van der Waals surface area contributed by atoms with Crippen LogP contribution in [0.4, 0.5) is 0 Å². The van der Waals surface area contributed by atoms with Crippen LogP contribution in [-0.2, 0) is 0 Å². The van der Waals surface area contributed by atoms with Crippen LogP contribution in [0.15, 0.2) is 0 Å². The van der Waals surface area contributed by atoms with Gasteiger partial charge in [0.05, 0.1) is 5.60 Å². The maximum atomic E-state index is 9.98. The van der Waals surface area contributed by atoms with Gasteiger partial charge >= 0.3 is 0 Å². The molecule has 3 nitrogen and oxygen atoms in total. The highest BCUT2D eigenvalue weighted by Gasteiger charge is 2.30. The Morgan fingerprint density at radius 1 is 1.57 bits per heavy atom. The van der Waals surface area contributed by atoms with Crippen LogP contribution in [0.5, 0.6) is 0 Å². The molecule has 14 heavy (non-hydrogen) atoms. The first-order valence-electron chi connectivity index (χ1n) is 5.75. The van der Waals surface area contributed by atoms with Gasteiger partial charge in [-0.3, -0.25) is 4.90 Å². The zero-order chi connectivity index (χ0) is 10.6. The molecule has 0 bridgehead atoms. The molecular weight excluding hydrogens is 176 g/mol. The second kappa shape index (κ2) is 5.10. The number of hydrogen-bond acceptors (Lipinski definition) is 3. The van der Waals surface area contributed by atoms with Crippen LogP contribution in [0, 0.1) is 0 Å². The van der Waals surface area contributed by atoms with Gasteiger partial charge in [0.2, 0.25) is 0 Å². The summed E-state index contributed by atoms with van der Waals surface area (Å²) in [6.07, 6.45) is 4.22. The highest BCUT2D eigenvalue weighted by atomic mass is 16.3. The van der Waals surface area contributed by atoms with Gasteiger partial charge in [-0.05, 0) is 45.7 Å². The number of nitrogens with zero attached hydrogens (tertiary/aromatic N) is 1. The third-order valence-electron chi connectivity index (χ3n) is 3.19. The summed E-state index contributed by atoms with van der Waals surface area (Å²) in [6.45, 7) is 6.81. The summed E-state index contributed by atoms with van der Waals surface area (Å²) >= 11 is 0. The number of nitrogens with two attached hydrogens (primary N) is 1. The number of rotatable bonds is 4. The Balaban J connectivity index is 2.49. The van der Waals surface area contributed by atoms with Crippen LogP contribution in [0.3, 0.4) is 0 Å². The van der Waals surface area contributed by atoms with Crippen molar-refractivity contribution in [2.24, 2.45) is 5.73 Å². The Morgan fingerprint density at radius 3 is 2.79 bits per heavy atom. The SMILES string of the molecule is CCC(CCN)N1CCCC(C)(O)C1. The average molecular weight is 200 g/mol. The van der Waals surface area contributed by atoms with Gasteiger partial charge < -0.3 is 10.8 Å². The van der Waals surface area contributed by atoms with Crippen molar-refractivity contribution in [1.82, 2.24) is 4.90 Å². The van der Waals surface area contributed by atoms with Crippen LogP contribution in [0.2, 0.25) is 0 Å². The summed E-state index contributed by atoms with van der Waals surface area (Å²) in [4.78, 5) is 2.40. The Labute approximate surface area is 87.3 Å². The van der Waals surface area contributed by atoms with Gasteiger partial charge in [0.1, 0.15) is 0 Å². The Hall–Kier alpha value is -0.120. The molecule has 3 N–H and O–H groups in total. The van der Waals surface area contributed by atoms with Crippen molar-refractivity contribution in [3.8, 4) is 0 Å². The summed E-state index contributed by atoms with van der Waals surface area (Å²) in [5, 5.41) is 9.98. The van der Waals surface area contributed by atoms with E-state index in [2.05, 4.69) is 11.8 Å². The molecule has 1 heterocycles. The predicted molar refractivity (Wildman–Crippen MR) is 59.2 cm³/mol. The number of piperidine rings is 1. The molecule has 2 atom stereocenters. The van der Waals surface area contributed by atoms with E-state index in [4.69, 9.17) is 5.73 Å². The molecule has 1 saturated heterocycles. The monoisotopic (exact) mass is 200 g/mol. The molecule has 0 aromatic carbocycles. The van der Waals surface area contributed by atoms with Gasteiger partial charge in [-0.15, -0.1) is 0 Å². The number of aliphatic hydroxyl groups is 1. The Bertz CT molecular complexity index is 171. The average Bonchev–Trinajstić information content (AvgIpc) is 2.12. The number of β-amino-alcohol motifs (C(OH)–C–C–N with tert-alkyl or cyclic N) is 1. The first kappa shape index (κ1) is 12.0. The largest absolute Gasteiger partial charge is 0.389 e. The van der Waals surface area contributed by atoms with Crippen molar-refractivity contribution in [3.63, 3.8) is 0 Å². The van der Waals surface area contributed by atoms with Gasteiger partial charge in [-0.25, -0.2) is 0 Å². The summed E-state index contributed by atoms with van der Waals surface area (Å²) < 4.78 is 0. The highest BCUT2D eigenvalue weighted by Crippen LogP contribution is 2.23. The van der Waals surface area contributed by atoms with Crippen LogP contribution < -0.4 is 5.73 Å². The molecule has 1 rings (SSSR count). The zero-order valence-electron chi connectivity index (χ0n) is 9.50. The lowest BCUT2D eigenvalue weighted by Gasteiger charge is -2.41. The molecule has 2 unspecified atom stereocenters. The molecule has 0 aromatic rings. The van der Waals surface area contributed by atoms with Crippen LogP contribution in [-0.4, -0.2) is 41.3 Å². The first-order valence-corrected chi connectivity index (χ1v) is 5.75. The lowest BCUT2D eigenvalue weighted by molar-refractivity contribution is -0.0313. The van der Waals surface area contributed by atoms with Gasteiger partial charge in [0.15, 0.2) is 0 Å². The van der Waals surface area contributed by atoms with Crippen LogP contribution in [0.25, 0.3) is 0 Å². The maximum absolute atomic E-state index is 9.98. The number of hydrogen-bond donors (Lipinski definition) is 2. The predicted octanol–water partition coefficient (Wildman–Crippen LogP) is 0.961. The van der Waals surface area contributed by atoms with Crippen LogP contribution >= 0.6 is 0 Å². The normalized spacial score (nSPS) is 31.7. The van der Waals surface area contributed by atoms with E-state index in [1.807, 2.05) is 6.92 Å². The van der Waals surface area contributed by atoms with E-state index in [9.17, 15) is 5.11 Å². The van der Waals surface area contributed by atoms with Crippen LogP contribution in [0.1, 0.15) is 39.5 Å². The van der Waals surface area contributed by atoms with Gasteiger partial charge in [0, 0.05) is 12.6 Å². The quantitative estimate of drug-likeness (QED) is 0.710. The van der Waals surface area contributed by atoms with Gasteiger partial charge in [-0.1, -0.05) is 6.92 Å². The maximum Gasteiger partial charge on any atom is 0.0746 e. The van der Waals surface area contributed by atoms with Crippen molar-refractivity contribution >= 4 is 0 Å². The van der Waals surface area contributed by atoms with E-state index in [1.54, 1.807) is 0 Å².